The lowest BCUT2D eigenvalue weighted by Crippen LogP contribution is -2.20. The van der Waals surface area contributed by atoms with E-state index in [1.807, 2.05) is 0 Å². The lowest BCUT2D eigenvalue weighted by atomic mass is 10.1. The first kappa shape index (κ1) is 14.0. The molecule has 0 saturated carbocycles. The lowest BCUT2D eigenvalue weighted by molar-refractivity contribution is 0.290. The van der Waals surface area contributed by atoms with E-state index in [0.29, 0.717) is 6.04 Å². The average molecular weight is 236 g/mol. The molecule has 3 nitrogen and oxygen atoms in total. The molecule has 0 aliphatic rings. The summed E-state index contributed by atoms with van der Waals surface area (Å²) in [7, 11) is 2.05. The molecule has 1 unspecified atom stereocenters. The Bertz CT molecular complexity index is 311. The molecule has 1 aromatic rings. The fraction of sp³-hybridized carbons (Fsp3) is 0.571. The van der Waals surface area contributed by atoms with Crippen LogP contribution in [0.2, 0.25) is 0 Å². The summed E-state index contributed by atoms with van der Waals surface area (Å²) in [5, 5.41) is 12.2. The molecule has 0 heterocycles. The van der Waals surface area contributed by atoms with Gasteiger partial charge in [-0.15, -0.1) is 0 Å². The van der Waals surface area contributed by atoms with Crippen molar-refractivity contribution in [3.05, 3.63) is 29.8 Å². The van der Waals surface area contributed by atoms with E-state index in [1.54, 1.807) is 0 Å². The van der Waals surface area contributed by atoms with E-state index in [1.165, 1.54) is 11.3 Å². The summed E-state index contributed by atoms with van der Waals surface area (Å²) in [5.41, 5.74) is 2.51. The zero-order valence-electron chi connectivity index (χ0n) is 11.1. The van der Waals surface area contributed by atoms with Crippen molar-refractivity contribution in [2.75, 3.05) is 31.6 Å². The Morgan fingerprint density at radius 3 is 2.47 bits per heavy atom. The Morgan fingerprint density at radius 2 is 1.94 bits per heavy atom. The Balaban J connectivity index is 2.60. The normalized spacial score (nSPS) is 12.5. The van der Waals surface area contributed by atoms with Crippen molar-refractivity contribution in [1.82, 2.24) is 5.32 Å². The molecule has 1 atom stereocenters. The van der Waals surface area contributed by atoms with Crippen LogP contribution in [-0.4, -0.2) is 31.9 Å². The maximum Gasteiger partial charge on any atom is 0.0447 e. The van der Waals surface area contributed by atoms with Gasteiger partial charge in [-0.3, -0.25) is 0 Å². The average Bonchev–Trinajstić information content (AvgIpc) is 2.36. The number of rotatable bonds is 7. The van der Waals surface area contributed by atoms with Crippen LogP contribution in [0.3, 0.4) is 0 Å². The van der Waals surface area contributed by atoms with E-state index in [0.717, 1.165) is 19.5 Å². The van der Waals surface area contributed by atoms with Crippen LogP contribution in [0.4, 0.5) is 5.69 Å². The molecule has 96 valence electrons. The highest BCUT2D eigenvalue weighted by Crippen LogP contribution is 2.18. The highest BCUT2D eigenvalue weighted by molar-refractivity contribution is 5.47. The smallest absolute Gasteiger partial charge is 0.0447 e. The molecule has 0 bridgehead atoms. The van der Waals surface area contributed by atoms with Crippen LogP contribution in [0.25, 0.3) is 0 Å². The number of hydrogen-bond donors (Lipinski definition) is 2. The summed E-state index contributed by atoms with van der Waals surface area (Å²) in [6, 6.07) is 9.01. The Kier molecular flexibility index (Phi) is 6.01. The second-order valence-electron chi connectivity index (χ2n) is 4.37. The second kappa shape index (κ2) is 7.30. The zero-order valence-corrected chi connectivity index (χ0v) is 11.1. The molecule has 17 heavy (non-hydrogen) atoms. The summed E-state index contributed by atoms with van der Waals surface area (Å²) < 4.78 is 0. The van der Waals surface area contributed by atoms with Crippen LogP contribution in [0.1, 0.15) is 31.9 Å². The SMILES string of the molecule is CCNC(C)c1ccc(N(C)CCCO)cc1. The molecule has 0 radical (unpaired) electrons. The van der Waals surface area contributed by atoms with Gasteiger partial charge in [-0.1, -0.05) is 19.1 Å². The number of nitrogens with one attached hydrogen (secondary N) is 1. The molecule has 0 spiro atoms. The van der Waals surface area contributed by atoms with Crippen molar-refractivity contribution in [3.63, 3.8) is 0 Å². The molecule has 1 aromatic carbocycles. The molecule has 2 N–H and O–H groups in total. The maximum atomic E-state index is 8.80. The van der Waals surface area contributed by atoms with Gasteiger partial charge in [0.25, 0.3) is 0 Å². The third-order valence-electron chi connectivity index (χ3n) is 3.00. The summed E-state index contributed by atoms with van der Waals surface area (Å²) in [5.74, 6) is 0. The third kappa shape index (κ3) is 4.36. The van der Waals surface area contributed by atoms with Crippen LogP contribution >= 0.6 is 0 Å². The quantitative estimate of drug-likeness (QED) is 0.761. The summed E-state index contributed by atoms with van der Waals surface area (Å²) in [6.45, 7) is 6.42. The van der Waals surface area contributed by atoms with Gasteiger partial charge in [0.05, 0.1) is 0 Å². The maximum absolute atomic E-state index is 8.80. The van der Waals surface area contributed by atoms with Crippen molar-refractivity contribution >= 4 is 5.69 Å². The van der Waals surface area contributed by atoms with Crippen LogP contribution in [0.15, 0.2) is 24.3 Å². The monoisotopic (exact) mass is 236 g/mol. The standard InChI is InChI=1S/C14H24N2O/c1-4-15-12(2)13-6-8-14(9-7-13)16(3)10-5-11-17/h6-9,12,15,17H,4-5,10-11H2,1-3H3. The number of aliphatic hydroxyl groups excluding tert-OH is 1. The highest BCUT2D eigenvalue weighted by Gasteiger charge is 2.04. The van der Waals surface area contributed by atoms with Gasteiger partial charge in [-0.2, -0.15) is 0 Å². The van der Waals surface area contributed by atoms with E-state index in [4.69, 9.17) is 5.11 Å². The van der Waals surface area contributed by atoms with Crippen molar-refractivity contribution < 1.29 is 5.11 Å². The second-order valence-corrected chi connectivity index (χ2v) is 4.37. The van der Waals surface area contributed by atoms with E-state index >= 15 is 0 Å². The number of aliphatic hydroxyl groups is 1. The topological polar surface area (TPSA) is 35.5 Å². The van der Waals surface area contributed by atoms with Crippen LogP contribution in [-0.2, 0) is 0 Å². The van der Waals surface area contributed by atoms with Gasteiger partial charge in [-0.05, 0) is 37.6 Å². The molecular formula is C14H24N2O. The summed E-state index contributed by atoms with van der Waals surface area (Å²) in [6.07, 6.45) is 0.812. The third-order valence-corrected chi connectivity index (χ3v) is 3.00. The van der Waals surface area contributed by atoms with Gasteiger partial charge in [0.2, 0.25) is 0 Å². The zero-order chi connectivity index (χ0) is 12.7. The number of anilines is 1. The summed E-state index contributed by atoms with van der Waals surface area (Å²) >= 11 is 0. The number of nitrogens with zero attached hydrogens (tertiary/aromatic N) is 1. The predicted octanol–water partition coefficient (Wildman–Crippen LogP) is 2.18. The van der Waals surface area contributed by atoms with Gasteiger partial charge in [-0.25, -0.2) is 0 Å². The van der Waals surface area contributed by atoms with Crippen LogP contribution < -0.4 is 10.2 Å². The van der Waals surface area contributed by atoms with Gasteiger partial charge < -0.3 is 15.3 Å². The first-order valence-corrected chi connectivity index (χ1v) is 6.34. The van der Waals surface area contributed by atoms with Crippen molar-refractivity contribution in [2.24, 2.45) is 0 Å². The first-order valence-electron chi connectivity index (χ1n) is 6.34. The minimum absolute atomic E-state index is 0.250. The molecule has 0 amide bonds. The van der Waals surface area contributed by atoms with Gasteiger partial charge in [0.1, 0.15) is 0 Å². The highest BCUT2D eigenvalue weighted by atomic mass is 16.3. The molecule has 0 aliphatic heterocycles. The molecule has 1 rings (SSSR count). The molecule has 0 aromatic heterocycles. The molecular weight excluding hydrogens is 212 g/mol. The van der Waals surface area contributed by atoms with Gasteiger partial charge in [0, 0.05) is 31.9 Å². The molecule has 3 heteroatoms. The van der Waals surface area contributed by atoms with E-state index in [9.17, 15) is 0 Å². The minimum Gasteiger partial charge on any atom is -0.396 e. The van der Waals surface area contributed by atoms with Gasteiger partial charge in [0.15, 0.2) is 0 Å². The number of hydrogen-bond acceptors (Lipinski definition) is 3. The Morgan fingerprint density at radius 1 is 1.29 bits per heavy atom. The predicted molar refractivity (Wildman–Crippen MR) is 73.5 cm³/mol. The van der Waals surface area contributed by atoms with Crippen molar-refractivity contribution in [3.8, 4) is 0 Å². The fourth-order valence-corrected chi connectivity index (χ4v) is 1.88. The Labute approximate surface area is 104 Å². The van der Waals surface area contributed by atoms with E-state index < -0.39 is 0 Å². The lowest BCUT2D eigenvalue weighted by Gasteiger charge is -2.20. The van der Waals surface area contributed by atoms with Gasteiger partial charge >= 0.3 is 0 Å². The van der Waals surface area contributed by atoms with Crippen LogP contribution in [0, 0.1) is 0 Å². The Hall–Kier alpha value is -1.06. The number of benzene rings is 1. The molecule has 0 fully saturated rings. The fourth-order valence-electron chi connectivity index (χ4n) is 1.88. The van der Waals surface area contributed by atoms with Crippen LogP contribution in [0.5, 0.6) is 0 Å². The van der Waals surface area contributed by atoms with E-state index in [-0.39, 0.29) is 6.61 Å². The van der Waals surface area contributed by atoms with Crippen molar-refractivity contribution in [2.45, 2.75) is 26.3 Å². The molecule has 0 aliphatic carbocycles. The molecule has 0 saturated heterocycles. The van der Waals surface area contributed by atoms with E-state index in [2.05, 4.69) is 55.4 Å². The minimum atomic E-state index is 0.250. The van der Waals surface area contributed by atoms with Crippen molar-refractivity contribution in [1.29, 1.82) is 0 Å². The first-order chi connectivity index (χ1) is 8.19. The largest absolute Gasteiger partial charge is 0.396 e. The summed E-state index contributed by atoms with van der Waals surface area (Å²) in [4.78, 5) is 2.16.